The van der Waals surface area contributed by atoms with Gasteiger partial charge < -0.3 is 11.1 Å². The molecule has 0 atom stereocenters. The molecule has 4 N–H and O–H groups in total. The third kappa shape index (κ3) is 5.62. The molecule has 26 heavy (non-hydrogen) atoms. The molecule has 0 bridgehead atoms. The van der Waals surface area contributed by atoms with Crippen molar-refractivity contribution in [2.75, 3.05) is 0 Å². The van der Waals surface area contributed by atoms with Crippen LogP contribution in [0.25, 0.3) is 0 Å². The van der Waals surface area contributed by atoms with Crippen molar-refractivity contribution in [2.45, 2.75) is 37.4 Å². The Hall–Kier alpha value is -2.29. The van der Waals surface area contributed by atoms with E-state index in [1.807, 2.05) is 0 Å². The van der Waals surface area contributed by atoms with E-state index in [1.165, 1.54) is 30.3 Å². The van der Waals surface area contributed by atoms with Crippen molar-refractivity contribution in [1.29, 1.82) is 0 Å². The fourth-order valence-corrected chi connectivity index (χ4v) is 3.23. The second-order valence-electron chi connectivity index (χ2n) is 6.51. The number of hydrogen-bond donors (Lipinski definition) is 3. The van der Waals surface area contributed by atoms with Crippen LogP contribution in [0.4, 0.5) is 4.39 Å². The maximum absolute atomic E-state index is 13.2. The summed E-state index contributed by atoms with van der Waals surface area (Å²) in [6, 6.07) is 11.9. The fourth-order valence-electron chi connectivity index (χ4n) is 2.14. The Kier molecular flexibility index (Phi) is 6.12. The van der Waals surface area contributed by atoms with Crippen molar-refractivity contribution in [3.05, 3.63) is 65.5 Å². The number of nitrogens with one attached hydrogen (secondary N) is 2. The van der Waals surface area contributed by atoms with Gasteiger partial charge in [-0.2, -0.15) is 0 Å². The van der Waals surface area contributed by atoms with Crippen LogP contribution in [0.2, 0.25) is 0 Å². The molecule has 0 fully saturated rings. The van der Waals surface area contributed by atoms with E-state index >= 15 is 0 Å². The molecule has 140 valence electrons. The summed E-state index contributed by atoms with van der Waals surface area (Å²) in [4.78, 5) is 11.9. The first-order chi connectivity index (χ1) is 12.1. The Labute approximate surface area is 152 Å². The molecular formula is C18H22FN3O3S. The third-order valence-corrected chi connectivity index (χ3v) is 5.00. The molecule has 0 heterocycles. The van der Waals surface area contributed by atoms with Crippen molar-refractivity contribution in [3.63, 3.8) is 0 Å². The average molecular weight is 379 g/mol. The number of halogens is 1. The number of nitrogens with two attached hydrogens (primary N) is 1. The molecule has 2 aromatic carbocycles. The van der Waals surface area contributed by atoms with Crippen LogP contribution in [-0.4, -0.2) is 19.9 Å². The van der Waals surface area contributed by atoms with Gasteiger partial charge in [-0.15, -0.1) is 0 Å². The zero-order valence-corrected chi connectivity index (χ0v) is 15.4. The van der Waals surface area contributed by atoms with E-state index in [-0.39, 0.29) is 23.9 Å². The van der Waals surface area contributed by atoms with Gasteiger partial charge >= 0.3 is 0 Å². The van der Waals surface area contributed by atoms with Gasteiger partial charge in [0.2, 0.25) is 15.9 Å². The molecular weight excluding hydrogens is 357 g/mol. The summed E-state index contributed by atoms with van der Waals surface area (Å²) in [5, 5.41) is 2.66. The lowest BCUT2D eigenvalue weighted by Crippen LogP contribution is -2.48. The van der Waals surface area contributed by atoms with Crippen molar-refractivity contribution in [1.82, 2.24) is 10.0 Å². The fraction of sp³-hybridized carbons (Fsp3) is 0.278. The molecule has 2 rings (SSSR count). The third-order valence-electron chi connectivity index (χ3n) is 3.60. The highest BCUT2D eigenvalue weighted by Crippen LogP contribution is 2.13. The Morgan fingerprint density at radius 1 is 1.08 bits per heavy atom. The van der Waals surface area contributed by atoms with Gasteiger partial charge in [-0.3, -0.25) is 4.79 Å². The SMILES string of the molecule is CC(C)(N)C(=O)NCc1cccc(S(=O)(=O)NCc2cccc(F)c2)c1. The Balaban J connectivity index is 2.06. The molecule has 0 spiro atoms. The normalized spacial score (nSPS) is 12.0. The molecule has 6 nitrogen and oxygen atoms in total. The molecule has 0 aromatic heterocycles. The van der Waals surface area contributed by atoms with Crippen molar-refractivity contribution in [3.8, 4) is 0 Å². The highest BCUT2D eigenvalue weighted by atomic mass is 32.2. The van der Waals surface area contributed by atoms with Crippen LogP contribution in [0.1, 0.15) is 25.0 Å². The van der Waals surface area contributed by atoms with E-state index in [9.17, 15) is 17.6 Å². The van der Waals surface area contributed by atoms with Gasteiger partial charge in [-0.05, 0) is 49.2 Å². The first-order valence-corrected chi connectivity index (χ1v) is 9.46. The topological polar surface area (TPSA) is 101 Å². The summed E-state index contributed by atoms with van der Waals surface area (Å²) in [7, 11) is -3.77. The standard InChI is InChI=1S/C18H22FN3O3S/c1-18(2,20)17(23)21-11-14-6-4-8-16(10-14)26(24,25)22-12-13-5-3-7-15(19)9-13/h3-10,22H,11-12,20H2,1-2H3,(H,21,23). The molecule has 8 heteroatoms. The Morgan fingerprint density at radius 3 is 2.31 bits per heavy atom. The van der Waals surface area contributed by atoms with Crippen LogP contribution < -0.4 is 15.8 Å². The van der Waals surface area contributed by atoms with Crippen LogP contribution in [0.5, 0.6) is 0 Å². The Morgan fingerprint density at radius 2 is 1.69 bits per heavy atom. The number of carbonyl (C=O) groups excluding carboxylic acids is 1. The molecule has 1 amide bonds. The van der Waals surface area contributed by atoms with E-state index in [0.29, 0.717) is 11.1 Å². The molecule has 0 aliphatic rings. The van der Waals surface area contributed by atoms with Crippen LogP contribution in [-0.2, 0) is 27.9 Å². The minimum absolute atomic E-state index is 0.0254. The largest absolute Gasteiger partial charge is 0.350 e. The predicted octanol–water partition coefficient (Wildman–Crippen LogP) is 1.66. The number of amides is 1. The first kappa shape index (κ1) is 20.0. The average Bonchev–Trinajstić information content (AvgIpc) is 2.57. The number of benzene rings is 2. The lowest BCUT2D eigenvalue weighted by Gasteiger charge is -2.18. The molecule has 0 aliphatic heterocycles. The quantitative estimate of drug-likeness (QED) is 0.681. The number of hydrogen-bond acceptors (Lipinski definition) is 4. The van der Waals surface area contributed by atoms with Crippen LogP contribution in [0.15, 0.2) is 53.4 Å². The summed E-state index contributed by atoms with van der Waals surface area (Å²) in [5.41, 5.74) is 5.82. The van der Waals surface area contributed by atoms with Crippen molar-refractivity contribution < 1.29 is 17.6 Å². The minimum atomic E-state index is -3.77. The summed E-state index contributed by atoms with van der Waals surface area (Å²) >= 11 is 0. The zero-order chi connectivity index (χ0) is 19.4. The van der Waals surface area contributed by atoms with Crippen molar-refractivity contribution in [2.24, 2.45) is 5.73 Å². The van der Waals surface area contributed by atoms with Gasteiger partial charge in [0.05, 0.1) is 10.4 Å². The van der Waals surface area contributed by atoms with Crippen LogP contribution in [0, 0.1) is 5.82 Å². The molecule has 0 aliphatic carbocycles. The lowest BCUT2D eigenvalue weighted by atomic mass is 10.1. The minimum Gasteiger partial charge on any atom is -0.350 e. The maximum atomic E-state index is 13.2. The second-order valence-corrected chi connectivity index (χ2v) is 8.27. The summed E-state index contributed by atoms with van der Waals surface area (Å²) in [6.07, 6.45) is 0. The summed E-state index contributed by atoms with van der Waals surface area (Å²) in [5.74, 6) is -0.766. The molecule has 0 radical (unpaired) electrons. The van der Waals surface area contributed by atoms with E-state index in [4.69, 9.17) is 5.73 Å². The van der Waals surface area contributed by atoms with E-state index in [2.05, 4.69) is 10.0 Å². The van der Waals surface area contributed by atoms with E-state index in [0.717, 1.165) is 0 Å². The summed E-state index contributed by atoms with van der Waals surface area (Å²) < 4.78 is 40.5. The number of carbonyl (C=O) groups is 1. The molecule has 0 unspecified atom stereocenters. The maximum Gasteiger partial charge on any atom is 0.240 e. The van der Waals surface area contributed by atoms with Crippen molar-refractivity contribution >= 4 is 15.9 Å². The molecule has 0 saturated carbocycles. The van der Waals surface area contributed by atoms with Gasteiger partial charge in [-0.25, -0.2) is 17.5 Å². The molecule has 2 aromatic rings. The van der Waals surface area contributed by atoms with Gasteiger partial charge in [-0.1, -0.05) is 24.3 Å². The van der Waals surface area contributed by atoms with Gasteiger partial charge in [0.15, 0.2) is 0 Å². The monoisotopic (exact) mass is 379 g/mol. The van der Waals surface area contributed by atoms with E-state index in [1.54, 1.807) is 32.0 Å². The lowest BCUT2D eigenvalue weighted by molar-refractivity contribution is -0.125. The highest BCUT2D eigenvalue weighted by Gasteiger charge is 2.21. The number of sulfonamides is 1. The number of rotatable bonds is 7. The predicted molar refractivity (Wildman–Crippen MR) is 97.0 cm³/mol. The smallest absolute Gasteiger partial charge is 0.240 e. The first-order valence-electron chi connectivity index (χ1n) is 7.98. The molecule has 0 saturated heterocycles. The summed E-state index contributed by atoms with van der Waals surface area (Å²) in [6.45, 7) is 3.30. The van der Waals surface area contributed by atoms with Gasteiger partial charge in [0.25, 0.3) is 0 Å². The van der Waals surface area contributed by atoms with Gasteiger partial charge in [0, 0.05) is 13.1 Å². The highest BCUT2D eigenvalue weighted by molar-refractivity contribution is 7.89. The van der Waals surface area contributed by atoms with Crippen LogP contribution >= 0.6 is 0 Å². The Bertz CT molecular complexity index is 893. The van der Waals surface area contributed by atoms with Crippen LogP contribution in [0.3, 0.4) is 0 Å². The second kappa shape index (κ2) is 7.94. The van der Waals surface area contributed by atoms with E-state index < -0.39 is 21.4 Å². The zero-order valence-electron chi connectivity index (χ0n) is 14.6. The van der Waals surface area contributed by atoms with Gasteiger partial charge in [0.1, 0.15) is 5.82 Å².